The normalized spacial score (nSPS) is 16.4. The largest absolute Gasteiger partial charge is 0.354 e. The quantitative estimate of drug-likeness (QED) is 0.413. The minimum atomic E-state index is 0. The molecule has 0 aromatic heterocycles. The van der Waals surface area contributed by atoms with Gasteiger partial charge >= 0.3 is 0 Å². The number of benzene rings is 1. The first-order chi connectivity index (χ1) is 9.28. The molecular formula is C15H23BrIN3. The Morgan fingerprint density at radius 1 is 1.20 bits per heavy atom. The highest BCUT2D eigenvalue weighted by atomic mass is 127. The molecular weight excluding hydrogens is 429 g/mol. The molecule has 0 aliphatic heterocycles. The van der Waals surface area contributed by atoms with Crippen molar-refractivity contribution in [1.29, 1.82) is 0 Å². The Labute approximate surface area is 147 Å². The first-order valence-electron chi connectivity index (χ1n) is 6.99. The summed E-state index contributed by atoms with van der Waals surface area (Å²) in [5.74, 6) is 0.912. The minimum Gasteiger partial charge on any atom is -0.354 e. The smallest absolute Gasteiger partial charge is 0.191 e. The fourth-order valence-electron chi connectivity index (χ4n) is 2.42. The van der Waals surface area contributed by atoms with Gasteiger partial charge in [0.1, 0.15) is 0 Å². The summed E-state index contributed by atoms with van der Waals surface area (Å²) in [4.78, 5) is 4.30. The van der Waals surface area contributed by atoms with Crippen molar-refractivity contribution < 1.29 is 0 Å². The van der Waals surface area contributed by atoms with E-state index in [9.17, 15) is 0 Å². The van der Waals surface area contributed by atoms with Crippen LogP contribution in [-0.4, -0.2) is 19.0 Å². The third kappa shape index (κ3) is 5.99. The van der Waals surface area contributed by atoms with Gasteiger partial charge in [0.05, 0.1) is 0 Å². The van der Waals surface area contributed by atoms with Gasteiger partial charge in [-0.15, -0.1) is 24.0 Å². The van der Waals surface area contributed by atoms with E-state index in [1.165, 1.54) is 37.7 Å². The van der Waals surface area contributed by atoms with Crippen molar-refractivity contribution in [3.8, 4) is 0 Å². The predicted molar refractivity (Wildman–Crippen MR) is 99.8 cm³/mol. The highest BCUT2D eigenvalue weighted by Gasteiger charge is 2.14. The summed E-state index contributed by atoms with van der Waals surface area (Å²) in [5, 5.41) is 6.89. The Morgan fingerprint density at radius 3 is 2.45 bits per heavy atom. The van der Waals surface area contributed by atoms with Crippen molar-refractivity contribution in [2.45, 2.75) is 44.7 Å². The SMILES string of the molecule is CN=C(NCc1ccc(Br)cc1)NC1CCCCC1.I. The van der Waals surface area contributed by atoms with E-state index in [-0.39, 0.29) is 24.0 Å². The summed E-state index contributed by atoms with van der Waals surface area (Å²) in [5.41, 5.74) is 1.26. The van der Waals surface area contributed by atoms with E-state index < -0.39 is 0 Å². The lowest BCUT2D eigenvalue weighted by molar-refractivity contribution is 0.410. The molecule has 0 heterocycles. The standard InChI is InChI=1S/C15H22BrN3.HI/c1-17-15(19-14-5-3-2-4-6-14)18-11-12-7-9-13(16)10-8-12;/h7-10,14H,2-6,11H2,1H3,(H2,17,18,19);1H. The molecule has 0 saturated heterocycles. The van der Waals surface area contributed by atoms with Gasteiger partial charge in [0.15, 0.2) is 5.96 Å². The summed E-state index contributed by atoms with van der Waals surface area (Å²) >= 11 is 3.45. The molecule has 0 atom stereocenters. The number of hydrogen-bond donors (Lipinski definition) is 2. The number of guanidine groups is 1. The van der Waals surface area contributed by atoms with Crippen molar-refractivity contribution in [2.24, 2.45) is 4.99 Å². The second-order valence-electron chi connectivity index (χ2n) is 5.03. The third-order valence-corrected chi connectivity index (χ3v) is 4.07. The molecule has 0 bridgehead atoms. The van der Waals surface area contributed by atoms with Crippen molar-refractivity contribution in [3.63, 3.8) is 0 Å². The molecule has 2 rings (SSSR count). The third-order valence-electron chi connectivity index (χ3n) is 3.54. The molecule has 112 valence electrons. The number of rotatable bonds is 3. The Balaban J connectivity index is 0.00000200. The molecule has 1 fully saturated rings. The lowest BCUT2D eigenvalue weighted by atomic mass is 9.96. The van der Waals surface area contributed by atoms with Crippen LogP contribution in [-0.2, 0) is 6.54 Å². The average molecular weight is 452 g/mol. The Kier molecular flexibility index (Phi) is 8.52. The molecule has 5 heteroatoms. The van der Waals surface area contributed by atoms with Gasteiger partial charge < -0.3 is 10.6 Å². The molecule has 0 amide bonds. The average Bonchev–Trinajstić information content (AvgIpc) is 2.46. The van der Waals surface area contributed by atoms with Crippen LogP contribution in [0.15, 0.2) is 33.7 Å². The number of aliphatic imine (C=N–C) groups is 1. The second-order valence-corrected chi connectivity index (χ2v) is 5.95. The summed E-state index contributed by atoms with van der Waals surface area (Å²) in [6, 6.07) is 8.95. The zero-order valence-electron chi connectivity index (χ0n) is 11.9. The highest BCUT2D eigenvalue weighted by Crippen LogP contribution is 2.17. The summed E-state index contributed by atoms with van der Waals surface area (Å²) in [6.07, 6.45) is 6.57. The summed E-state index contributed by atoms with van der Waals surface area (Å²) in [6.45, 7) is 0.805. The van der Waals surface area contributed by atoms with E-state index >= 15 is 0 Å². The number of nitrogens with one attached hydrogen (secondary N) is 2. The first-order valence-corrected chi connectivity index (χ1v) is 7.79. The van der Waals surface area contributed by atoms with E-state index in [2.05, 4.69) is 55.8 Å². The topological polar surface area (TPSA) is 36.4 Å². The van der Waals surface area contributed by atoms with E-state index in [0.29, 0.717) is 6.04 Å². The summed E-state index contributed by atoms with van der Waals surface area (Å²) in [7, 11) is 1.83. The number of halogens is 2. The van der Waals surface area contributed by atoms with Gasteiger partial charge in [-0.2, -0.15) is 0 Å². The zero-order valence-corrected chi connectivity index (χ0v) is 15.8. The maximum absolute atomic E-state index is 4.30. The molecule has 3 nitrogen and oxygen atoms in total. The van der Waals surface area contributed by atoms with Crippen molar-refractivity contribution in [2.75, 3.05) is 7.05 Å². The van der Waals surface area contributed by atoms with Crippen LogP contribution in [0.1, 0.15) is 37.7 Å². The number of nitrogens with zero attached hydrogens (tertiary/aromatic N) is 1. The molecule has 0 spiro atoms. The monoisotopic (exact) mass is 451 g/mol. The van der Waals surface area contributed by atoms with Crippen LogP contribution in [0.5, 0.6) is 0 Å². The van der Waals surface area contributed by atoms with E-state index in [4.69, 9.17) is 0 Å². The maximum Gasteiger partial charge on any atom is 0.191 e. The Hall–Kier alpha value is -0.300. The predicted octanol–water partition coefficient (Wildman–Crippen LogP) is 4.06. The van der Waals surface area contributed by atoms with Crippen molar-refractivity contribution in [1.82, 2.24) is 10.6 Å². The maximum atomic E-state index is 4.30. The van der Waals surface area contributed by atoms with Crippen LogP contribution in [0.2, 0.25) is 0 Å². The van der Waals surface area contributed by atoms with Gasteiger partial charge in [-0.1, -0.05) is 47.3 Å². The van der Waals surface area contributed by atoms with Gasteiger partial charge in [-0.05, 0) is 30.5 Å². The van der Waals surface area contributed by atoms with Gasteiger partial charge in [-0.25, -0.2) is 0 Å². The van der Waals surface area contributed by atoms with Crippen LogP contribution in [0.4, 0.5) is 0 Å². The van der Waals surface area contributed by atoms with Crippen molar-refractivity contribution in [3.05, 3.63) is 34.3 Å². The van der Waals surface area contributed by atoms with Gasteiger partial charge in [0, 0.05) is 24.1 Å². The lowest BCUT2D eigenvalue weighted by Crippen LogP contribution is -2.43. The van der Waals surface area contributed by atoms with Gasteiger partial charge in [-0.3, -0.25) is 4.99 Å². The fourth-order valence-corrected chi connectivity index (χ4v) is 2.69. The molecule has 2 N–H and O–H groups in total. The zero-order chi connectivity index (χ0) is 13.5. The molecule has 0 radical (unpaired) electrons. The van der Waals surface area contributed by atoms with Crippen LogP contribution in [0.25, 0.3) is 0 Å². The molecule has 0 unspecified atom stereocenters. The van der Waals surface area contributed by atoms with E-state index in [1.54, 1.807) is 0 Å². The molecule has 1 aliphatic carbocycles. The van der Waals surface area contributed by atoms with Crippen molar-refractivity contribution >= 4 is 45.9 Å². The molecule has 1 aromatic carbocycles. The van der Waals surface area contributed by atoms with Crippen LogP contribution < -0.4 is 10.6 Å². The molecule has 1 saturated carbocycles. The fraction of sp³-hybridized carbons (Fsp3) is 0.533. The summed E-state index contributed by atoms with van der Waals surface area (Å²) < 4.78 is 1.11. The molecule has 1 aromatic rings. The second kappa shape index (κ2) is 9.60. The van der Waals surface area contributed by atoms with Crippen LogP contribution >= 0.6 is 39.9 Å². The first kappa shape index (κ1) is 17.8. The molecule has 20 heavy (non-hydrogen) atoms. The van der Waals surface area contributed by atoms with E-state index in [0.717, 1.165) is 17.0 Å². The van der Waals surface area contributed by atoms with Gasteiger partial charge in [0.2, 0.25) is 0 Å². The van der Waals surface area contributed by atoms with Crippen LogP contribution in [0, 0.1) is 0 Å². The van der Waals surface area contributed by atoms with E-state index in [1.807, 2.05) is 7.05 Å². The molecule has 1 aliphatic rings. The minimum absolute atomic E-state index is 0. The Bertz CT molecular complexity index is 414. The highest BCUT2D eigenvalue weighted by molar-refractivity contribution is 14.0. The number of hydrogen-bond acceptors (Lipinski definition) is 1. The Morgan fingerprint density at radius 2 is 1.85 bits per heavy atom. The van der Waals surface area contributed by atoms with Gasteiger partial charge in [0.25, 0.3) is 0 Å². The lowest BCUT2D eigenvalue weighted by Gasteiger charge is -2.24. The van der Waals surface area contributed by atoms with Crippen LogP contribution in [0.3, 0.4) is 0 Å².